The van der Waals surface area contributed by atoms with Gasteiger partial charge in [0.05, 0.1) is 6.54 Å². The van der Waals surface area contributed by atoms with Crippen molar-refractivity contribution < 1.29 is 9.59 Å². The smallest absolute Gasteiger partial charge is 0.237 e. The minimum Gasteiger partial charge on any atom is -0.368 e. The number of primary amides is 1. The summed E-state index contributed by atoms with van der Waals surface area (Å²) in [5.74, 6) is -0.414. The van der Waals surface area contributed by atoms with Crippen molar-refractivity contribution in [1.82, 2.24) is 4.90 Å². The zero-order valence-electron chi connectivity index (χ0n) is 10.9. The number of halogens is 1. The van der Waals surface area contributed by atoms with Crippen LogP contribution in [0, 0.1) is 5.92 Å². The molecule has 6 heteroatoms. The van der Waals surface area contributed by atoms with Crippen LogP contribution in [0.15, 0.2) is 0 Å². The number of nitrogens with zero attached hydrogens (tertiary/aromatic N) is 1. The molecular formula is C12H24ClN3O2. The molecule has 0 aromatic rings. The molecule has 1 saturated carbocycles. The summed E-state index contributed by atoms with van der Waals surface area (Å²) >= 11 is 0. The van der Waals surface area contributed by atoms with E-state index in [-0.39, 0.29) is 36.8 Å². The molecule has 2 unspecified atom stereocenters. The van der Waals surface area contributed by atoms with Crippen molar-refractivity contribution in [3.63, 3.8) is 0 Å². The van der Waals surface area contributed by atoms with Crippen molar-refractivity contribution in [2.24, 2.45) is 17.4 Å². The van der Waals surface area contributed by atoms with Gasteiger partial charge in [-0.3, -0.25) is 9.59 Å². The van der Waals surface area contributed by atoms with Crippen LogP contribution < -0.4 is 11.5 Å². The first-order valence-corrected chi connectivity index (χ1v) is 6.37. The van der Waals surface area contributed by atoms with E-state index in [0.717, 1.165) is 32.1 Å². The van der Waals surface area contributed by atoms with E-state index < -0.39 is 5.91 Å². The first-order valence-electron chi connectivity index (χ1n) is 6.37. The van der Waals surface area contributed by atoms with Crippen LogP contribution in [0.3, 0.4) is 0 Å². The molecule has 18 heavy (non-hydrogen) atoms. The molecule has 5 nitrogen and oxygen atoms in total. The Morgan fingerprint density at radius 3 is 2.44 bits per heavy atom. The largest absolute Gasteiger partial charge is 0.368 e. The minimum atomic E-state index is -0.447. The fourth-order valence-electron chi connectivity index (χ4n) is 2.30. The van der Waals surface area contributed by atoms with Gasteiger partial charge in [0, 0.05) is 18.5 Å². The van der Waals surface area contributed by atoms with E-state index in [1.54, 1.807) is 4.90 Å². The van der Waals surface area contributed by atoms with E-state index in [4.69, 9.17) is 11.5 Å². The van der Waals surface area contributed by atoms with Crippen molar-refractivity contribution in [2.75, 3.05) is 13.1 Å². The third-order valence-electron chi connectivity index (χ3n) is 3.26. The summed E-state index contributed by atoms with van der Waals surface area (Å²) in [7, 11) is 0. The van der Waals surface area contributed by atoms with Gasteiger partial charge in [0.1, 0.15) is 0 Å². The van der Waals surface area contributed by atoms with Crippen LogP contribution in [0.2, 0.25) is 0 Å². The molecule has 1 fully saturated rings. The highest BCUT2D eigenvalue weighted by atomic mass is 35.5. The van der Waals surface area contributed by atoms with Gasteiger partial charge in [0.15, 0.2) is 0 Å². The van der Waals surface area contributed by atoms with Crippen molar-refractivity contribution in [3.05, 3.63) is 0 Å². The van der Waals surface area contributed by atoms with Gasteiger partial charge >= 0.3 is 0 Å². The summed E-state index contributed by atoms with van der Waals surface area (Å²) in [6.07, 6.45) is 4.36. The maximum atomic E-state index is 12.2. The minimum absolute atomic E-state index is 0. The van der Waals surface area contributed by atoms with Gasteiger partial charge in [-0.05, 0) is 25.7 Å². The Hall–Kier alpha value is -0.810. The number of amides is 2. The van der Waals surface area contributed by atoms with Crippen LogP contribution in [0.4, 0.5) is 0 Å². The van der Waals surface area contributed by atoms with E-state index in [9.17, 15) is 9.59 Å². The highest BCUT2D eigenvalue weighted by molar-refractivity contribution is 5.85. The summed E-state index contributed by atoms with van der Waals surface area (Å²) in [6, 6.07) is 0.130. The number of rotatable bonds is 6. The Morgan fingerprint density at radius 2 is 2.00 bits per heavy atom. The van der Waals surface area contributed by atoms with Crippen LogP contribution in [0.1, 0.15) is 39.0 Å². The Morgan fingerprint density at radius 1 is 1.33 bits per heavy atom. The molecule has 0 aromatic heterocycles. The summed E-state index contributed by atoms with van der Waals surface area (Å²) in [5, 5.41) is 0. The van der Waals surface area contributed by atoms with Gasteiger partial charge in [-0.25, -0.2) is 0 Å². The molecule has 1 rings (SSSR count). The molecule has 0 saturated heterocycles. The average molecular weight is 278 g/mol. The second kappa shape index (κ2) is 8.32. The lowest BCUT2D eigenvalue weighted by Crippen LogP contribution is -2.42. The lowest BCUT2D eigenvalue weighted by atomic mass is 10.1. The average Bonchev–Trinajstić information content (AvgIpc) is 2.69. The van der Waals surface area contributed by atoms with Crippen LogP contribution in [-0.2, 0) is 9.59 Å². The quantitative estimate of drug-likeness (QED) is 0.747. The van der Waals surface area contributed by atoms with Crippen LogP contribution in [0.5, 0.6) is 0 Å². The molecule has 2 amide bonds. The summed E-state index contributed by atoms with van der Waals surface area (Å²) in [4.78, 5) is 24.7. The SMILES string of the molecule is CCCCN(CC(N)=O)C(=O)C1CCC(N)C1.Cl. The monoisotopic (exact) mass is 277 g/mol. The second-order valence-corrected chi connectivity index (χ2v) is 4.85. The van der Waals surface area contributed by atoms with Crippen molar-refractivity contribution in [3.8, 4) is 0 Å². The maximum Gasteiger partial charge on any atom is 0.237 e. The van der Waals surface area contributed by atoms with Gasteiger partial charge in [-0.1, -0.05) is 13.3 Å². The number of hydrogen-bond donors (Lipinski definition) is 2. The first kappa shape index (κ1) is 17.2. The maximum absolute atomic E-state index is 12.2. The van der Waals surface area contributed by atoms with Crippen molar-refractivity contribution in [1.29, 1.82) is 0 Å². The fraction of sp³-hybridized carbons (Fsp3) is 0.833. The molecule has 0 radical (unpaired) electrons. The summed E-state index contributed by atoms with van der Waals surface area (Å²) in [6.45, 7) is 2.70. The standard InChI is InChI=1S/C12H23N3O2.ClH/c1-2-3-6-15(8-11(14)16)12(17)9-4-5-10(13)7-9;/h9-10H,2-8,13H2,1H3,(H2,14,16);1H. The third-order valence-corrected chi connectivity index (χ3v) is 3.26. The van der Waals surface area contributed by atoms with Gasteiger partial charge in [-0.15, -0.1) is 12.4 Å². The topological polar surface area (TPSA) is 89.4 Å². The highest BCUT2D eigenvalue weighted by Gasteiger charge is 2.31. The predicted molar refractivity (Wildman–Crippen MR) is 73.2 cm³/mol. The van der Waals surface area contributed by atoms with Crippen molar-refractivity contribution >= 4 is 24.2 Å². The normalized spacial score (nSPS) is 22.3. The van der Waals surface area contributed by atoms with E-state index in [1.807, 2.05) is 0 Å². The molecule has 0 bridgehead atoms. The predicted octanol–water partition coefficient (Wildman–Crippen LogP) is 0.650. The molecule has 2 atom stereocenters. The Labute approximate surface area is 115 Å². The van der Waals surface area contributed by atoms with Gasteiger partial charge in [-0.2, -0.15) is 0 Å². The molecular weight excluding hydrogens is 254 g/mol. The van der Waals surface area contributed by atoms with Crippen LogP contribution in [-0.4, -0.2) is 35.8 Å². The zero-order chi connectivity index (χ0) is 12.8. The Balaban J connectivity index is 0.00000289. The Kier molecular flexibility index (Phi) is 7.95. The first-order chi connectivity index (χ1) is 8.04. The van der Waals surface area contributed by atoms with Gasteiger partial charge in [0.25, 0.3) is 0 Å². The van der Waals surface area contributed by atoms with Gasteiger partial charge in [0.2, 0.25) is 11.8 Å². The van der Waals surface area contributed by atoms with Crippen LogP contribution in [0.25, 0.3) is 0 Å². The number of unbranched alkanes of at least 4 members (excludes halogenated alkanes) is 1. The molecule has 0 aromatic carbocycles. The number of carbonyl (C=O) groups excluding carboxylic acids is 2. The van der Waals surface area contributed by atoms with Crippen molar-refractivity contribution in [2.45, 2.75) is 45.1 Å². The van der Waals surface area contributed by atoms with E-state index in [1.165, 1.54) is 0 Å². The van der Waals surface area contributed by atoms with Gasteiger partial charge < -0.3 is 16.4 Å². The molecule has 1 aliphatic rings. The summed E-state index contributed by atoms with van der Waals surface area (Å²) < 4.78 is 0. The van der Waals surface area contributed by atoms with Crippen LogP contribution >= 0.6 is 12.4 Å². The fourth-order valence-corrected chi connectivity index (χ4v) is 2.30. The number of carbonyl (C=O) groups is 2. The molecule has 106 valence electrons. The summed E-state index contributed by atoms with van der Waals surface area (Å²) in [5.41, 5.74) is 11.0. The lowest BCUT2D eigenvalue weighted by molar-refractivity contribution is -0.138. The highest BCUT2D eigenvalue weighted by Crippen LogP contribution is 2.26. The van der Waals surface area contributed by atoms with E-state index in [2.05, 4.69) is 6.92 Å². The lowest BCUT2D eigenvalue weighted by Gasteiger charge is -2.24. The zero-order valence-corrected chi connectivity index (χ0v) is 11.7. The third kappa shape index (κ3) is 5.23. The Bertz CT molecular complexity index is 286. The molecule has 0 spiro atoms. The van der Waals surface area contributed by atoms with E-state index in [0.29, 0.717) is 6.54 Å². The number of nitrogens with two attached hydrogens (primary N) is 2. The molecule has 0 aliphatic heterocycles. The van der Waals surface area contributed by atoms with E-state index >= 15 is 0 Å². The second-order valence-electron chi connectivity index (χ2n) is 4.85. The molecule has 1 aliphatic carbocycles. The molecule has 0 heterocycles. The molecule has 4 N–H and O–H groups in total. The number of hydrogen-bond acceptors (Lipinski definition) is 3.